The number of thioether (sulfide) groups is 1. The molecule has 0 bridgehead atoms. The Balaban J connectivity index is 1.59. The van der Waals surface area contributed by atoms with Crippen LogP contribution in [0.3, 0.4) is 0 Å². The van der Waals surface area contributed by atoms with Gasteiger partial charge in [-0.3, -0.25) is 0 Å². The molecule has 26 heavy (non-hydrogen) atoms. The number of benzene rings is 1. The second kappa shape index (κ2) is 7.20. The van der Waals surface area contributed by atoms with Crippen LogP contribution in [0, 0.1) is 11.3 Å². The number of nitriles is 1. The third kappa shape index (κ3) is 3.65. The van der Waals surface area contributed by atoms with E-state index in [2.05, 4.69) is 26.7 Å². The average molecular weight is 402 g/mol. The van der Waals surface area contributed by atoms with Crippen LogP contribution in [0.5, 0.6) is 0 Å². The molecule has 1 aliphatic heterocycles. The maximum Gasteiger partial charge on any atom is 0.223 e. The first-order chi connectivity index (χ1) is 12.6. The summed E-state index contributed by atoms with van der Waals surface area (Å²) in [5.41, 5.74) is 2.83. The van der Waals surface area contributed by atoms with Crippen LogP contribution in [0.2, 0.25) is 10.0 Å². The summed E-state index contributed by atoms with van der Waals surface area (Å²) in [7, 11) is 0. The summed E-state index contributed by atoms with van der Waals surface area (Å²) in [6.07, 6.45) is 3.93. The van der Waals surface area contributed by atoms with E-state index < -0.39 is 0 Å². The lowest BCUT2D eigenvalue weighted by Crippen LogP contribution is -2.09. The molecule has 2 N–H and O–H groups in total. The minimum absolute atomic E-state index is 0.449. The molecule has 0 atom stereocenters. The first-order valence-corrected chi connectivity index (χ1v) is 9.61. The minimum atomic E-state index is 0.449. The number of allylic oxidation sites excluding steroid dienone is 1. The van der Waals surface area contributed by atoms with Crippen molar-refractivity contribution in [1.29, 1.82) is 5.26 Å². The van der Waals surface area contributed by atoms with Gasteiger partial charge in [-0.2, -0.15) is 5.26 Å². The molecule has 130 valence electrons. The van der Waals surface area contributed by atoms with Crippen molar-refractivity contribution in [3.8, 4) is 6.07 Å². The lowest BCUT2D eigenvalue weighted by Gasteiger charge is -2.09. The molecular weight excluding hydrogens is 389 g/mol. The van der Waals surface area contributed by atoms with Crippen molar-refractivity contribution in [2.75, 3.05) is 5.32 Å². The van der Waals surface area contributed by atoms with E-state index in [0.717, 1.165) is 29.1 Å². The van der Waals surface area contributed by atoms with Gasteiger partial charge in [-0.25, -0.2) is 9.97 Å². The molecule has 0 radical (unpaired) electrons. The highest BCUT2D eigenvalue weighted by Gasteiger charge is 2.23. The molecular formula is C18H13Cl2N5S. The van der Waals surface area contributed by atoms with Gasteiger partial charge in [0.1, 0.15) is 11.6 Å². The summed E-state index contributed by atoms with van der Waals surface area (Å²) in [4.78, 5) is 8.70. The van der Waals surface area contributed by atoms with Crippen LogP contribution in [0.25, 0.3) is 11.3 Å². The predicted octanol–water partition coefficient (Wildman–Crippen LogP) is 4.88. The van der Waals surface area contributed by atoms with E-state index in [1.165, 1.54) is 11.8 Å². The van der Waals surface area contributed by atoms with E-state index in [9.17, 15) is 5.26 Å². The third-order valence-electron chi connectivity index (χ3n) is 3.93. The number of hydrogen-bond acceptors (Lipinski definition) is 6. The van der Waals surface area contributed by atoms with Crippen LogP contribution in [-0.4, -0.2) is 16.0 Å². The van der Waals surface area contributed by atoms with Gasteiger partial charge in [-0.15, -0.1) is 0 Å². The Bertz CT molecular complexity index is 976. The normalized spacial score (nSPS) is 18.0. The molecule has 8 heteroatoms. The van der Waals surface area contributed by atoms with Crippen molar-refractivity contribution in [2.24, 2.45) is 0 Å². The number of nitrogens with zero attached hydrogens (tertiary/aromatic N) is 3. The van der Waals surface area contributed by atoms with Crippen molar-refractivity contribution in [3.05, 3.63) is 62.2 Å². The lowest BCUT2D eigenvalue weighted by atomic mass is 10.1. The van der Waals surface area contributed by atoms with Gasteiger partial charge in [-0.1, -0.05) is 41.0 Å². The minimum Gasteiger partial charge on any atom is -0.351 e. The van der Waals surface area contributed by atoms with E-state index in [4.69, 9.17) is 23.2 Å². The number of rotatable bonds is 4. The summed E-state index contributed by atoms with van der Waals surface area (Å²) in [5, 5.41) is 19.8. The highest BCUT2D eigenvalue weighted by Crippen LogP contribution is 2.36. The van der Waals surface area contributed by atoms with E-state index >= 15 is 0 Å². The fourth-order valence-corrected chi connectivity index (χ4v) is 3.59. The number of anilines is 1. The Morgan fingerprint density at radius 1 is 1.27 bits per heavy atom. The molecule has 1 saturated carbocycles. The van der Waals surface area contributed by atoms with Gasteiger partial charge in [0, 0.05) is 23.2 Å². The van der Waals surface area contributed by atoms with Gasteiger partial charge in [0.05, 0.1) is 26.5 Å². The van der Waals surface area contributed by atoms with Gasteiger partial charge < -0.3 is 10.6 Å². The molecule has 2 heterocycles. The van der Waals surface area contributed by atoms with E-state index in [1.54, 1.807) is 24.4 Å². The van der Waals surface area contributed by atoms with Gasteiger partial charge in [0.15, 0.2) is 0 Å². The van der Waals surface area contributed by atoms with Crippen molar-refractivity contribution in [1.82, 2.24) is 15.3 Å². The standard InChI is InChI=1S/C18H13Cl2N5S/c19-13-4-1-10(7-14(13)20)16-9-26-17(24-16)12(8-21)15-5-6-22-18(25-15)23-11-2-3-11/h1,4-7,9,11,24H,2-3H2,(H,22,23,25)/b17-12-. The Hall–Kier alpha value is -2.20. The first-order valence-electron chi connectivity index (χ1n) is 7.97. The van der Waals surface area contributed by atoms with Crippen molar-refractivity contribution < 1.29 is 0 Å². The second-order valence-electron chi connectivity index (χ2n) is 5.90. The lowest BCUT2D eigenvalue weighted by molar-refractivity contribution is 1.04. The van der Waals surface area contributed by atoms with Gasteiger partial charge in [0.25, 0.3) is 0 Å². The number of hydrogen-bond donors (Lipinski definition) is 2. The SMILES string of the molecule is N#C/C(=C1\NC(c2ccc(Cl)c(Cl)c2)=CS1)c1ccnc(NC2CC2)n1. The average Bonchev–Trinajstić information content (AvgIpc) is 3.32. The maximum atomic E-state index is 9.66. The predicted molar refractivity (Wildman–Crippen MR) is 106 cm³/mol. The molecule has 4 rings (SSSR count). The smallest absolute Gasteiger partial charge is 0.223 e. The summed E-state index contributed by atoms with van der Waals surface area (Å²) in [6, 6.07) is 9.86. The second-order valence-corrected chi connectivity index (χ2v) is 7.60. The monoisotopic (exact) mass is 401 g/mol. The molecule has 5 nitrogen and oxygen atoms in total. The summed E-state index contributed by atoms with van der Waals surface area (Å²) < 4.78 is 0. The highest BCUT2D eigenvalue weighted by molar-refractivity contribution is 8.06. The molecule has 1 aromatic heterocycles. The molecule has 0 amide bonds. The van der Waals surface area contributed by atoms with E-state index in [1.807, 2.05) is 11.5 Å². The topological polar surface area (TPSA) is 73.6 Å². The van der Waals surface area contributed by atoms with Crippen LogP contribution < -0.4 is 10.6 Å². The van der Waals surface area contributed by atoms with Gasteiger partial charge in [0.2, 0.25) is 5.95 Å². The van der Waals surface area contributed by atoms with Crippen molar-refractivity contribution in [3.63, 3.8) is 0 Å². The Morgan fingerprint density at radius 2 is 2.12 bits per heavy atom. The molecule has 0 spiro atoms. The van der Waals surface area contributed by atoms with Crippen LogP contribution in [0.4, 0.5) is 5.95 Å². The number of aromatic nitrogens is 2. The molecule has 0 saturated heterocycles. The first kappa shape index (κ1) is 17.2. The largest absolute Gasteiger partial charge is 0.351 e. The van der Waals surface area contributed by atoms with Crippen LogP contribution in [0.1, 0.15) is 24.1 Å². The summed E-state index contributed by atoms with van der Waals surface area (Å²) in [6.45, 7) is 0. The van der Waals surface area contributed by atoms with E-state index in [0.29, 0.717) is 33.3 Å². The molecule has 1 aliphatic carbocycles. The Labute approximate surface area is 165 Å². The van der Waals surface area contributed by atoms with Crippen molar-refractivity contribution >= 4 is 52.2 Å². The molecule has 1 aromatic carbocycles. The molecule has 0 unspecified atom stereocenters. The Morgan fingerprint density at radius 3 is 2.85 bits per heavy atom. The molecule has 2 aliphatic rings. The highest BCUT2D eigenvalue weighted by atomic mass is 35.5. The summed E-state index contributed by atoms with van der Waals surface area (Å²) in [5.74, 6) is 0.555. The zero-order chi connectivity index (χ0) is 18.1. The van der Waals surface area contributed by atoms with Gasteiger partial charge >= 0.3 is 0 Å². The van der Waals surface area contributed by atoms with Crippen molar-refractivity contribution in [2.45, 2.75) is 18.9 Å². The van der Waals surface area contributed by atoms with Crippen LogP contribution in [0.15, 0.2) is 40.9 Å². The molecule has 1 fully saturated rings. The number of halogens is 2. The maximum absolute atomic E-state index is 9.66. The molecule has 2 aromatic rings. The fraction of sp³-hybridized carbons (Fsp3) is 0.167. The Kier molecular flexibility index (Phi) is 4.77. The van der Waals surface area contributed by atoms with Crippen LogP contribution in [-0.2, 0) is 0 Å². The van der Waals surface area contributed by atoms with Gasteiger partial charge in [-0.05, 0) is 31.0 Å². The van der Waals surface area contributed by atoms with Crippen LogP contribution >= 0.6 is 35.0 Å². The summed E-state index contributed by atoms with van der Waals surface area (Å²) >= 11 is 13.5. The third-order valence-corrected chi connectivity index (χ3v) is 5.57. The fourth-order valence-electron chi connectivity index (χ4n) is 2.43. The van der Waals surface area contributed by atoms with E-state index in [-0.39, 0.29) is 0 Å². The zero-order valence-corrected chi connectivity index (χ0v) is 15.8. The zero-order valence-electron chi connectivity index (χ0n) is 13.5. The number of nitrogens with one attached hydrogen (secondary N) is 2. The quantitative estimate of drug-likeness (QED) is 0.710.